The molecule has 1 aliphatic rings. The number of nitrogens with zero attached hydrogens (tertiary/aromatic N) is 2. The van der Waals surface area contributed by atoms with Crippen molar-refractivity contribution in [2.45, 2.75) is 18.9 Å². The van der Waals surface area contributed by atoms with Crippen LogP contribution >= 0.6 is 22.9 Å². The number of methoxy groups -OCH3 is 1. The average Bonchev–Trinajstić information content (AvgIpc) is 3.27. The van der Waals surface area contributed by atoms with E-state index in [1.165, 1.54) is 17.4 Å². The summed E-state index contributed by atoms with van der Waals surface area (Å²) in [5, 5.41) is 11.6. The molecule has 0 saturated heterocycles. The molecule has 2 aromatic carbocycles. The fourth-order valence-corrected chi connectivity index (χ4v) is 5.22. The van der Waals surface area contributed by atoms with Crippen LogP contribution < -0.4 is 9.47 Å². The lowest BCUT2D eigenvalue weighted by Gasteiger charge is -2.10. The quantitative estimate of drug-likeness (QED) is 0.485. The van der Waals surface area contributed by atoms with Crippen LogP contribution in [-0.2, 0) is 0 Å². The summed E-state index contributed by atoms with van der Waals surface area (Å²) in [5.74, 6) is 0.236. The maximum absolute atomic E-state index is 14.6. The zero-order valence-corrected chi connectivity index (χ0v) is 17.1. The highest BCUT2D eigenvalue weighted by Gasteiger charge is 2.36. The number of fused-ring (bicyclic) bond motifs is 4. The molecule has 5 nitrogen and oxygen atoms in total. The van der Waals surface area contributed by atoms with Gasteiger partial charge in [-0.15, -0.1) is 11.3 Å². The summed E-state index contributed by atoms with van der Waals surface area (Å²) in [6.07, 6.45) is 1.18. The smallest absolute Gasteiger partial charge is 0.167 e. The van der Waals surface area contributed by atoms with Crippen LogP contribution in [0.15, 0.2) is 30.5 Å². The number of benzene rings is 2. The van der Waals surface area contributed by atoms with Gasteiger partial charge in [-0.05, 0) is 18.2 Å². The van der Waals surface area contributed by atoms with E-state index in [0.29, 0.717) is 21.3 Å². The van der Waals surface area contributed by atoms with E-state index in [0.717, 1.165) is 26.7 Å². The predicted molar refractivity (Wildman–Crippen MR) is 112 cm³/mol. The summed E-state index contributed by atoms with van der Waals surface area (Å²) in [7, 11) is 1.58. The fourth-order valence-electron chi connectivity index (χ4n) is 3.79. The van der Waals surface area contributed by atoms with Gasteiger partial charge >= 0.3 is 0 Å². The van der Waals surface area contributed by atoms with Crippen molar-refractivity contribution < 1.29 is 19.0 Å². The Balaban J connectivity index is 1.75. The van der Waals surface area contributed by atoms with Gasteiger partial charge in [0, 0.05) is 33.5 Å². The molecule has 0 bridgehead atoms. The largest absolute Gasteiger partial charge is 0.495 e. The molecule has 0 radical (unpaired) electrons. The molecule has 5 rings (SSSR count). The van der Waals surface area contributed by atoms with Gasteiger partial charge in [0.15, 0.2) is 11.6 Å². The van der Waals surface area contributed by atoms with Crippen LogP contribution in [0.1, 0.15) is 18.4 Å². The minimum absolute atomic E-state index is 0.139. The van der Waals surface area contributed by atoms with Crippen molar-refractivity contribution in [1.29, 1.82) is 0 Å². The van der Waals surface area contributed by atoms with Gasteiger partial charge in [0.25, 0.3) is 0 Å². The highest BCUT2D eigenvalue weighted by Crippen LogP contribution is 2.47. The van der Waals surface area contributed by atoms with Crippen molar-refractivity contribution in [3.8, 4) is 22.1 Å². The zero-order chi connectivity index (χ0) is 20.3. The molecular formula is C21H16ClFN2O3S. The van der Waals surface area contributed by atoms with Crippen LogP contribution in [0.4, 0.5) is 4.39 Å². The molecule has 1 N–H and O–H groups in total. The monoisotopic (exact) mass is 430 g/mol. The van der Waals surface area contributed by atoms with Gasteiger partial charge in [-0.3, -0.25) is 4.98 Å². The molecule has 4 aromatic rings. The number of hydrogen-bond donors (Lipinski definition) is 1. The summed E-state index contributed by atoms with van der Waals surface area (Å²) in [4.78, 5) is 9.19. The molecule has 1 aliphatic heterocycles. The van der Waals surface area contributed by atoms with Crippen molar-refractivity contribution in [1.82, 2.24) is 9.97 Å². The van der Waals surface area contributed by atoms with Crippen LogP contribution in [0.25, 0.3) is 31.7 Å². The molecule has 0 amide bonds. The molecule has 148 valence electrons. The number of ether oxygens (including phenoxy) is 2. The Kier molecular flexibility index (Phi) is 4.34. The van der Waals surface area contributed by atoms with Gasteiger partial charge in [-0.25, -0.2) is 9.37 Å². The van der Waals surface area contributed by atoms with E-state index >= 15 is 0 Å². The third-order valence-electron chi connectivity index (χ3n) is 5.27. The van der Waals surface area contributed by atoms with E-state index in [4.69, 9.17) is 21.1 Å². The Morgan fingerprint density at radius 1 is 1.31 bits per heavy atom. The number of thiazole rings is 1. The van der Waals surface area contributed by atoms with Crippen LogP contribution in [0, 0.1) is 5.82 Å². The first-order valence-electron chi connectivity index (χ1n) is 9.04. The maximum atomic E-state index is 14.6. The Morgan fingerprint density at radius 2 is 2.14 bits per heavy atom. The fraction of sp³-hybridized carbons (Fsp3) is 0.238. The highest BCUT2D eigenvalue weighted by molar-refractivity contribution is 7.22. The Bertz CT molecular complexity index is 1280. The van der Waals surface area contributed by atoms with Gasteiger partial charge in [0.2, 0.25) is 0 Å². The number of aliphatic hydroxyl groups is 1. The van der Waals surface area contributed by atoms with Crippen LogP contribution in [0.3, 0.4) is 0 Å². The van der Waals surface area contributed by atoms with Gasteiger partial charge in [-0.2, -0.15) is 0 Å². The number of rotatable bonds is 3. The molecule has 0 aliphatic carbocycles. The SMILES string of the molecule is COc1cnc2c(-c3nc4cc(F)c5c(c4s3)[C@H](C)[C@@H](CO)O5)cc(Cl)cc2c1. The van der Waals surface area contributed by atoms with Crippen molar-refractivity contribution in [3.63, 3.8) is 0 Å². The number of hydrogen-bond acceptors (Lipinski definition) is 6. The van der Waals surface area contributed by atoms with Gasteiger partial charge < -0.3 is 14.6 Å². The van der Waals surface area contributed by atoms with Gasteiger partial charge in [0.1, 0.15) is 16.9 Å². The standard InChI is InChI=1S/C21H16ClFN2O3S/c1-9-16(8-26)28-19-14(23)6-15-20(17(9)19)29-21(25-15)13-5-11(22)3-10-4-12(27-2)7-24-18(10)13/h3-7,9,16,26H,8H2,1-2H3/t9-,16-/m1/s1. The summed E-state index contributed by atoms with van der Waals surface area (Å²) < 4.78 is 26.4. The third kappa shape index (κ3) is 2.84. The summed E-state index contributed by atoms with van der Waals surface area (Å²) in [6, 6.07) is 6.88. The number of aliphatic hydroxyl groups excluding tert-OH is 1. The van der Waals surface area contributed by atoms with Crippen molar-refractivity contribution in [2.75, 3.05) is 13.7 Å². The molecular weight excluding hydrogens is 415 g/mol. The normalized spacial score (nSPS) is 18.2. The first kappa shape index (κ1) is 18.5. The van der Waals surface area contributed by atoms with Crippen molar-refractivity contribution >= 4 is 44.1 Å². The van der Waals surface area contributed by atoms with E-state index in [2.05, 4.69) is 9.97 Å². The summed E-state index contributed by atoms with van der Waals surface area (Å²) in [5.41, 5.74) is 2.82. The number of halogens is 2. The first-order chi connectivity index (χ1) is 14.0. The van der Waals surface area contributed by atoms with E-state index in [9.17, 15) is 9.50 Å². The van der Waals surface area contributed by atoms with E-state index in [1.807, 2.05) is 25.1 Å². The minimum atomic E-state index is -0.467. The minimum Gasteiger partial charge on any atom is -0.495 e. The molecule has 0 unspecified atom stereocenters. The molecule has 2 atom stereocenters. The molecule has 0 saturated carbocycles. The highest BCUT2D eigenvalue weighted by atomic mass is 35.5. The van der Waals surface area contributed by atoms with Gasteiger partial charge in [0.05, 0.1) is 35.6 Å². The Hall–Kier alpha value is -2.48. The lowest BCUT2D eigenvalue weighted by molar-refractivity contribution is 0.117. The second-order valence-electron chi connectivity index (χ2n) is 7.00. The number of pyridine rings is 1. The Labute approximate surface area is 174 Å². The topological polar surface area (TPSA) is 64.5 Å². The number of aromatic nitrogens is 2. The van der Waals surface area contributed by atoms with Crippen molar-refractivity contribution in [3.05, 3.63) is 46.9 Å². The summed E-state index contributed by atoms with van der Waals surface area (Å²) >= 11 is 7.79. The summed E-state index contributed by atoms with van der Waals surface area (Å²) in [6.45, 7) is 1.75. The lowest BCUT2D eigenvalue weighted by Crippen LogP contribution is -2.21. The molecule has 0 fully saturated rings. The first-order valence-corrected chi connectivity index (χ1v) is 10.2. The zero-order valence-electron chi connectivity index (χ0n) is 15.6. The van der Waals surface area contributed by atoms with E-state index in [-0.39, 0.29) is 18.3 Å². The second-order valence-corrected chi connectivity index (χ2v) is 8.43. The molecule has 8 heteroatoms. The van der Waals surface area contributed by atoms with Gasteiger partial charge in [-0.1, -0.05) is 18.5 Å². The Morgan fingerprint density at radius 3 is 2.90 bits per heavy atom. The molecule has 29 heavy (non-hydrogen) atoms. The van der Waals surface area contributed by atoms with E-state index < -0.39 is 11.9 Å². The molecule has 3 heterocycles. The van der Waals surface area contributed by atoms with E-state index in [1.54, 1.807) is 13.3 Å². The maximum Gasteiger partial charge on any atom is 0.167 e. The average molecular weight is 431 g/mol. The predicted octanol–water partition coefficient (Wildman–Crippen LogP) is 5.17. The van der Waals surface area contributed by atoms with Crippen LogP contribution in [-0.4, -0.2) is 34.9 Å². The second kappa shape index (κ2) is 6.79. The lowest BCUT2D eigenvalue weighted by atomic mass is 9.97. The van der Waals surface area contributed by atoms with Crippen molar-refractivity contribution in [2.24, 2.45) is 0 Å². The van der Waals surface area contributed by atoms with Crippen LogP contribution in [0.5, 0.6) is 11.5 Å². The third-order valence-corrected chi connectivity index (χ3v) is 6.63. The molecule has 0 spiro atoms. The van der Waals surface area contributed by atoms with Crippen LogP contribution in [0.2, 0.25) is 5.02 Å². The molecule has 2 aromatic heterocycles.